The van der Waals surface area contributed by atoms with Crippen LogP contribution in [0.15, 0.2) is 24.3 Å². The van der Waals surface area contributed by atoms with E-state index in [2.05, 4.69) is 37.4 Å². The fourth-order valence-corrected chi connectivity index (χ4v) is 1.19. The van der Waals surface area contributed by atoms with Crippen molar-refractivity contribution in [2.45, 2.75) is 19.9 Å². The van der Waals surface area contributed by atoms with Crippen molar-refractivity contribution in [3.05, 3.63) is 35.4 Å². The van der Waals surface area contributed by atoms with Crippen molar-refractivity contribution >= 4 is 0 Å². The van der Waals surface area contributed by atoms with Gasteiger partial charge in [0.2, 0.25) is 0 Å². The Hall–Kier alpha value is -1.49. The number of benzene rings is 1. The standard InChI is InChI=1S/C11H14N2/c1-3-10-4-6-11(7-5-10)8-13(2)9-12/h4-7H,3,8H2,1-2H3. The van der Waals surface area contributed by atoms with Gasteiger partial charge in [-0.2, -0.15) is 5.26 Å². The average molecular weight is 174 g/mol. The first-order valence-corrected chi connectivity index (χ1v) is 4.45. The van der Waals surface area contributed by atoms with Crippen LogP contribution in [0.3, 0.4) is 0 Å². The second-order valence-corrected chi connectivity index (χ2v) is 3.13. The van der Waals surface area contributed by atoms with Gasteiger partial charge >= 0.3 is 0 Å². The molecular formula is C11H14N2. The number of aryl methyl sites for hydroxylation is 1. The second kappa shape index (κ2) is 4.51. The Balaban J connectivity index is 2.65. The van der Waals surface area contributed by atoms with Gasteiger partial charge < -0.3 is 4.90 Å². The molecule has 68 valence electrons. The molecule has 0 aliphatic rings. The second-order valence-electron chi connectivity index (χ2n) is 3.13. The lowest BCUT2D eigenvalue weighted by Gasteiger charge is -2.08. The zero-order chi connectivity index (χ0) is 9.68. The molecule has 0 bridgehead atoms. The van der Waals surface area contributed by atoms with E-state index in [0.29, 0.717) is 6.54 Å². The molecule has 0 aliphatic heterocycles. The highest BCUT2D eigenvalue weighted by atomic mass is 15.1. The normalized spacial score (nSPS) is 9.31. The predicted molar refractivity (Wildman–Crippen MR) is 52.9 cm³/mol. The third kappa shape index (κ3) is 2.79. The highest BCUT2D eigenvalue weighted by Gasteiger charge is 1.96. The maximum absolute atomic E-state index is 8.57. The minimum absolute atomic E-state index is 0.695. The molecule has 0 aliphatic carbocycles. The Labute approximate surface area is 79.4 Å². The van der Waals surface area contributed by atoms with Gasteiger partial charge in [0.15, 0.2) is 6.19 Å². The SMILES string of the molecule is CCc1ccc(CN(C)C#N)cc1. The molecule has 13 heavy (non-hydrogen) atoms. The summed E-state index contributed by atoms with van der Waals surface area (Å²) >= 11 is 0. The molecule has 0 spiro atoms. The molecule has 0 saturated heterocycles. The van der Waals surface area contributed by atoms with E-state index in [1.165, 1.54) is 11.1 Å². The minimum Gasteiger partial charge on any atom is -0.309 e. The fourth-order valence-electron chi connectivity index (χ4n) is 1.19. The van der Waals surface area contributed by atoms with E-state index in [1.54, 1.807) is 11.9 Å². The molecule has 2 heteroatoms. The van der Waals surface area contributed by atoms with Crippen LogP contribution in [-0.4, -0.2) is 11.9 Å². The van der Waals surface area contributed by atoms with E-state index in [0.717, 1.165) is 6.42 Å². The van der Waals surface area contributed by atoms with Crippen molar-refractivity contribution < 1.29 is 0 Å². The topological polar surface area (TPSA) is 27.0 Å². The summed E-state index contributed by atoms with van der Waals surface area (Å²) in [5, 5.41) is 8.57. The summed E-state index contributed by atoms with van der Waals surface area (Å²) in [6.07, 6.45) is 3.14. The number of nitriles is 1. The van der Waals surface area contributed by atoms with Crippen molar-refractivity contribution in [2.24, 2.45) is 0 Å². The lowest BCUT2D eigenvalue weighted by Crippen LogP contribution is -2.09. The van der Waals surface area contributed by atoms with E-state index < -0.39 is 0 Å². The van der Waals surface area contributed by atoms with Crippen LogP contribution in [0.25, 0.3) is 0 Å². The van der Waals surface area contributed by atoms with E-state index in [4.69, 9.17) is 5.26 Å². The summed E-state index contributed by atoms with van der Waals surface area (Å²) in [6, 6.07) is 8.38. The Morgan fingerprint density at radius 1 is 1.23 bits per heavy atom. The summed E-state index contributed by atoms with van der Waals surface area (Å²) in [4.78, 5) is 1.61. The largest absolute Gasteiger partial charge is 0.309 e. The maximum atomic E-state index is 8.57. The van der Waals surface area contributed by atoms with Gasteiger partial charge in [-0.15, -0.1) is 0 Å². The van der Waals surface area contributed by atoms with Gasteiger partial charge in [0.05, 0.1) is 6.54 Å². The van der Waals surface area contributed by atoms with Gasteiger partial charge in [-0.3, -0.25) is 0 Å². The molecule has 0 fully saturated rings. The van der Waals surface area contributed by atoms with Crippen molar-refractivity contribution in [1.29, 1.82) is 5.26 Å². The molecule has 1 aromatic rings. The van der Waals surface area contributed by atoms with Crippen LogP contribution >= 0.6 is 0 Å². The molecule has 0 aromatic heterocycles. The minimum atomic E-state index is 0.695. The zero-order valence-electron chi connectivity index (χ0n) is 8.12. The highest BCUT2D eigenvalue weighted by Crippen LogP contribution is 2.06. The van der Waals surface area contributed by atoms with E-state index in [1.807, 2.05) is 0 Å². The van der Waals surface area contributed by atoms with E-state index in [9.17, 15) is 0 Å². The fraction of sp³-hybridized carbons (Fsp3) is 0.364. The van der Waals surface area contributed by atoms with Crippen molar-refractivity contribution in [3.63, 3.8) is 0 Å². The first-order valence-electron chi connectivity index (χ1n) is 4.45. The van der Waals surface area contributed by atoms with Crippen LogP contribution in [0.2, 0.25) is 0 Å². The Kier molecular flexibility index (Phi) is 3.33. The number of rotatable bonds is 3. The quantitative estimate of drug-likeness (QED) is 0.518. The average Bonchev–Trinajstić information content (AvgIpc) is 2.19. The third-order valence-corrected chi connectivity index (χ3v) is 2.02. The van der Waals surface area contributed by atoms with E-state index >= 15 is 0 Å². The van der Waals surface area contributed by atoms with Gasteiger partial charge in [-0.1, -0.05) is 31.2 Å². The molecule has 0 saturated carbocycles. The molecule has 0 atom stereocenters. The molecule has 0 amide bonds. The molecule has 0 N–H and O–H groups in total. The van der Waals surface area contributed by atoms with Crippen LogP contribution in [-0.2, 0) is 13.0 Å². The molecular weight excluding hydrogens is 160 g/mol. The van der Waals surface area contributed by atoms with Crippen LogP contribution in [0.1, 0.15) is 18.1 Å². The third-order valence-electron chi connectivity index (χ3n) is 2.02. The number of nitrogens with zero attached hydrogens (tertiary/aromatic N) is 2. The summed E-state index contributed by atoms with van der Waals surface area (Å²) < 4.78 is 0. The summed E-state index contributed by atoms with van der Waals surface area (Å²) in [7, 11) is 1.79. The Bertz CT molecular complexity index is 295. The highest BCUT2D eigenvalue weighted by molar-refractivity contribution is 5.22. The summed E-state index contributed by atoms with van der Waals surface area (Å²) in [5.41, 5.74) is 2.52. The monoisotopic (exact) mass is 174 g/mol. The van der Waals surface area contributed by atoms with E-state index in [-0.39, 0.29) is 0 Å². The van der Waals surface area contributed by atoms with Crippen molar-refractivity contribution in [2.75, 3.05) is 7.05 Å². The Morgan fingerprint density at radius 2 is 1.77 bits per heavy atom. The zero-order valence-corrected chi connectivity index (χ0v) is 8.12. The van der Waals surface area contributed by atoms with Crippen molar-refractivity contribution in [1.82, 2.24) is 4.90 Å². The molecule has 0 heterocycles. The van der Waals surface area contributed by atoms with Gasteiger partial charge in [0, 0.05) is 7.05 Å². The van der Waals surface area contributed by atoms with Gasteiger partial charge in [-0.25, -0.2) is 0 Å². The molecule has 0 unspecified atom stereocenters. The maximum Gasteiger partial charge on any atom is 0.179 e. The van der Waals surface area contributed by atoms with Crippen molar-refractivity contribution in [3.8, 4) is 6.19 Å². The first kappa shape index (κ1) is 9.60. The lowest BCUT2D eigenvalue weighted by molar-refractivity contribution is 0.469. The van der Waals surface area contributed by atoms with Gasteiger partial charge in [0.1, 0.15) is 0 Å². The van der Waals surface area contributed by atoms with Crippen LogP contribution in [0.4, 0.5) is 0 Å². The van der Waals surface area contributed by atoms with Crippen LogP contribution in [0, 0.1) is 11.5 Å². The van der Waals surface area contributed by atoms with Gasteiger partial charge in [0.25, 0.3) is 0 Å². The molecule has 0 radical (unpaired) electrons. The van der Waals surface area contributed by atoms with Crippen LogP contribution in [0.5, 0.6) is 0 Å². The molecule has 2 nitrogen and oxygen atoms in total. The van der Waals surface area contributed by atoms with Crippen LogP contribution < -0.4 is 0 Å². The predicted octanol–water partition coefficient (Wildman–Crippen LogP) is 2.16. The smallest absolute Gasteiger partial charge is 0.179 e. The number of hydrogen-bond acceptors (Lipinski definition) is 2. The lowest BCUT2D eigenvalue weighted by atomic mass is 10.1. The molecule has 1 rings (SSSR count). The van der Waals surface area contributed by atoms with Gasteiger partial charge in [-0.05, 0) is 17.5 Å². The Morgan fingerprint density at radius 3 is 2.23 bits per heavy atom. The first-order chi connectivity index (χ1) is 6.26. The molecule has 1 aromatic carbocycles. The summed E-state index contributed by atoms with van der Waals surface area (Å²) in [5.74, 6) is 0. The summed E-state index contributed by atoms with van der Waals surface area (Å²) in [6.45, 7) is 2.83. The number of hydrogen-bond donors (Lipinski definition) is 0.